The number of rotatable bonds is 7. The van der Waals surface area contributed by atoms with Crippen molar-refractivity contribution in [2.75, 3.05) is 6.54 Å². The smallest absolute Gasteiger partial charge is 0.0819 e. The standard InChI is InChI=1S/C13H28N2/c1-7-12(4)8-13(5,6)9-15(10-14)11(2)3/h10-12,14H,7-9H2,1-6H3. The molecule has 1 N–H and O–H groups in total. The summed E-state index contributed by atoms with van der Waals surface area (Å²) in [7, 11) is 0. The molecule has 15 heavy (non-hydrogen) atoms. The largest absolute Gasteiger partial charge is 0.360 e. The molecule has 0 saturated heterocycles. The maximum absolute atomic E-state index is 7.40. The number of hydrogen-bond acceptors (Lipinski definition) is 1. The molecule has 90 valence electrons. The van der Waals surface area contributed by atoms with Crippen molar-refractivity contribution in [1.82, 2.24) is 4.90 Å². The van der Waals surface area contributed by atoms with Crippen LogP contribution in [0.1, 0.15) is 54.4 Å². The third kappa shape index (κ3) is 5.81. The minimum Gasteiger partial charge on any atom is -0.360 e. The highest BCUT2D eigenvalue weighted by atomic mass is 15.2. The van der Waals surface area contributed by atoms with E-state index < -0.39 is 0 Å². The van der Waals surface area contributed by atoms with Gasteiger partial charge in [-0.2, -0.15) is 0 Å². The predicted molar refractivity (Wildman–Crippen MR) is 68.5 cm³/mol. The molecule has 0 rings (SSSR count). The first-order valence-corrected chi connectivity index (χ1v) is 6.08. The van der Waals surface area contributed by atoms with Crippen LogP contribution in [0, 0.1) is 16.7 Å². The lowest BCUT2D eigenvalue weighted by Crippen LogP contribution is -2.38. The van der Waals surface area contributed by atoms with E-state index in [2.05, 4.69) is 46.4 Å². The summed E-state index contributed by atoms with van der Waals surface area (Å²) < 4.78 is 0. The van der Waals surface area contributed by atoms with Crippen molar-refractivity contribution < 1.29 is 0 Å². The molecule has 0 amide bonds. The van der Waals surface area contributed by atoms with Crippen molar-refractivity contribution in [2.45, 2.75) is 60.4 Å². The van der Waals surface area contributed by atoms with E-state index >= 15 is 0 Å². The minimum atomic E-state index is 0.303. The molecule has 0 aromatic heterocycles. The van der Waals surface area contributed by atoms with Crippen molar-refractivity contribution in [1.29, 1.82) is 5.41 Å². The van der Waals surface area contributed by atoms with Gasteiger partial charge in [0.05, 0.1) is 6.34 Å². The first-order valence-electron chi connectivity index (χ1n) is 6.08. The van der Waals surface area contributed by atoms with Crippen LogP contribution in [0.3, 0.4) is 0 Å². The molecule has 2 nitrogen and oxygen atoms in total. The van der Waals surface area contributed by atoms with E-state index in [0.29, 0.717) is 11.5 Å². The second kappa shape index (κ2) is 6.14. The van der Waals surface area contributed by atoms with Gasteiger partial charge >= 0.3 is 0 Å². The monoisotopic (exact) mass is 212 g/mol. The maximum Gasteiger partial charge on any atom is 0.0819 e. The Bertz CT molecular complexity index is 185. The average molecular weight is 212 g/mol. The first kappa shape index (κ1) is 14.5. The van der Waals surface area contributed by atoms with Crippen LogP contribution >= 0.6 is 0 Å². The Hall–Kier alpha value is -0.530. The van der Waals surface area contributed by atoms with E-state index in [-0.39, 0.29) is 0 Å². The fourth-order valence-electron chi connectivity index (χ4n) is 2.02. The quantitative estimate of drug-likeness (QED) is 0.505. The molecule has 0 saturated carbocycles. The van der Waals surface area contributed by atoms with Crippen LogP contribution in [-0.4, -0.2) is 23.8 Å². The van der Waals surface area contributed by atoms with Crippen molar-refractivity contribution in [3.63, 3.8) is 0 Å². The zero-order chi connectivity index (χ0) is 12.1. The molecule has 0 heterocycles. The SMILES string of the molecule is CCC(C)CC(C)(C)CN(C=N)C(C)C. The van der Waals surface area contributed by atoms with E-state index in [1.807, 2.05) is 0 Å². The molecule has 2 heteroatoms. The lowest BCUT2D eigenvalue weighted by Gasteiger charge is -2.35. The molecule has 0 bridgehead atoms. The number of nitrogens with zero attached hydrogens (tertiary/aromatic N) is 1. The molecule has 0 fully saturated rings. The van der Waals surface area contributed by atoms with Gasteiger partial charge in [-0.15, -0.1) is 0 Å². The summed E-state index contributed by atoms with van der Waals surface area (Å²) in [5, 5.41) is 7.40. The molecular weight excluding hydrogens is 184 g/mol. The molecule has 0 aromatic carbocycles. The molecule has 0 aliphatic carbocycles. The third-order valence-electron chi connectivity index (χ3n) is 3.04. The normalized spacial score (nSPS) is 14.1. The van der Waals surface area contributed by atoms with Crippen LogP contribution in [0.2, 0.25) is 0 Å². The predicted octanol–water partition coefficient (Wildman–Crippen LogP) is 3.77. The van der Waals surface area contributed by atoms with Gasteiger partial charge in [-0.1, -0.05) is 34.1 Å². The maximum atomic E-state index is 7.40. The van der Waals surface area contributed by atoms with Gasteiger partial charge in [-0.05, 0) is 31.6 Å². The lowest BCUT2D eigenvalue weighted by atomic mass is 9.82. The fraction of sp³-hybridized carbons (Fsp3) is 0.923. The van der Waals surface area contributed by atoms with Crippen LogP contribution in [0.4, 0.5) is 0 Å². The van der Waals surface area contributed by atoms with Gasteiger partial charge < -0.3 is 4.90 Å². The molecule has 0 radical (unpaired) electrons. The molecular formula is C13H28N2. The zero-order valence-corrected chi connectivity index (χ0v) is 11.3. The van der Waals surface area contributed by atoms with E-state index in [0.717, 1.165) is 12.5 Å². The second-order valence-corrected chi connectivity index (χ2v) is 5.78. The Morgan fingerprint density at radius 2 is 1.80 bits per heavy atom. The third-order valence-corrected chi connectivity index (χ3v) is 3.04. The molecule has 0 spiro atoms. The Kier molecular flexibility index (Phi) is 5.92. The van der Waals surface area contributed by atoms with Crippen LogP contribution in [0.15, 0.2) is 0 Å². The Morgan fingerprint density at radius 3 is 2.13 bits per heavy atom. The fourth-order valence-corrected chi connectivity index (χ4v) is 2.02. The van der Waals surface area contributed by atoms with Crippen LogP contribution in [-0.2, 0) is 0 Å². The summed E-state index contributed by atoms with van der Waals surface area (Å²) in [6, 6.07) is 0.429. The van der Waals surface area contributed by atoms with Gasteiger partial charge in [0.15, 0.2) is 0 Å². The van der Waals surface area contributed by atoms with Gasteiger partial charge in [0, 0.05) is 12.6 Å². The van der Waals surface area contributed by atoms with Crippen LogP contribution in [0.5, 0.6) is 0 Å². The topological polar surface area (TPSA) is 27.1 Å². The Labute approximate surface area is 95.6 Å². The summed E-state index contributed by atoms with van der Waals surface area (Å²) in [4.78, 5) is 2.11. The van der Waals surface area contributed by atoms with Gasteiger partial charge in [-0.3, -0.25) is 5.41 Å². The summed E-state index contributed by atoms with van der Waals surface area (Å²) >= 11 is 0. The van der Waals surface area contributed by atoms with Crippen molar-refractivity contribution in [3.05, 3.63) is 0 Å². The van der Waals surface area contributed by atoms with E-state index in [4.69, 9.17) is 5.41 Å². The highest BCUT2D eigenvalue weighted by molar-refractivity contribution is 5.51. The van der Waals surface area contributed by atoms with E-state index in [1.165, 1.54) is 19.2 Å². The molecule has 0 aliphatic rings. The summed E-state index contributed by atoms with van der Waals surface area (Å²) in [6.45, 7) is 14.4. The molecule has 0 aromatic rings. The number of nitrogens with one attached hydrogen (secondary N) is 1. The van der Waals surface area contributed by atoms with Gasteiger partial charge in [-0.25, -0.2) is 0 Å². The lowest BCUT2D eigenvalue weighted by molar-refractivity contribution is 0.188. The highest BCUT2D eigenvalue weighted by Gasteiger charge is 2.23. The van der Waals surface area contributed by atoms with E-state index in [9.17, 15) is 0 Å². The average Bonchev–Trinajstić information content (AvgIpc) is 2.13. The first-order chi connectivity index (χ1) is 6.82. The van der Waals surface area contributed by atoms with Gasteiger partial charge in [0.1, 0.15) is 0 Å². The van der Waals surface area contributed by atoms with Crippen LogP contribution < -0.4 is 0 Å². The Morgan fingerprint density at radius 1 is 1.27 bits per heavy atom. The van der Waals surface area contributed by atoms with Gasteiger partial charge in [0.25, 0.3) is 0 Å². The van der Waals surface area contributed by atoms with Crippen molar-refractivity contribution in [2.24, 2.45) is 11.3 Å². The second-order valence-electron chi connectivity index (χ2n) is 5.78. The molecule has 1 unspecified atom stereocenters. The van der Waals surface area contributed by atoms with E-state index in [1.54, 1.807) is 0 Å². The molecule has 0 aliphatic heterocycles. The Balaban J connectivity index is 4.27. The van der Waals surface area contributed by atoms with Crippen LogP contribution in [0.25, 0.3) is 0 Å². The van der Waals surface area contributed by atoms with Crippen molar-refractivity contribution in [3.8, 4) is 0 Å². The number of hydrogen-bond donors (Lipinski definition) is 1. The summed E-state index contributed by atoms with van der Waals surface area (Å²) in [5.74, 6) is 0.778. The minimum absolute atomic E-state index is 0.303. The zero-order valence-electron chi connectivity index (χ0n) is 11.3. The molecule has 1 atom stereocenters. The van der Waals surface area contributed by atoms with Crippen molar-refractivity contribution >= 4 is 6.34 Å². The highest BCUT2D eigenvalue weighted by Crippen LogP contribution is 2.28. The summed E-state index contributed by atoms with van der Waals surface area (Å²) in [5.41, 5.74) is 0.303. The summed E-state index contributed by atoms with van der Waals surface area (Å²) in [6.07, 6.45) is 3.96. The van der Waals surface area contributed by atoms with Gasteiger partial charge in [0.2, 0.25) is 0 Å².